The second kappa shape index (κ2) is 7.12. The van der Waals surface area contributed by atoms with Crippen LogP contribution in [0.25, 0.3) is 0 Å². The molecule has 1 aromatic rings. The fraction of sp³-hybridized carbons (Fsp3) is 0.450. The van der Waals surface area contributed by atoms with Gasteiger partial charge in [-0.05, 0) is 43.0 Å². The molecule has 0 bridgehead atoms. The van der Waals surface area contributed by atoms with E-state index in [2.05, 4.69) is 5.32 Å². The van der Waals surface area contributed by atoms with Crippen LogP contribution in [0.15, 0.2) is 35.5 Å². The number of hydrogen-bond acceptors (Lipinski definition) is 4. The van der Waals surface area contributed by atoms with Gasteiger partial charge < -0.3 is 10.4 Å². The summed E-state index contributed by atoms with van der Waals surface area (Å²) < 4.78 is 0. The van der Waals surface area contributed by atoms with E-state index in [1.807, 2.05) is 12.1 Å². The number of rotatable bonds is 4. The summed E-state index contributed by atoms with van der Waals surface area (Å²) in [5, 5.41) is 12.6. The van der Waals surface area contributed by atoms with Gasteiger partial charge in [-0.25, -0.2) is 4.79 Å². The zero-order chi connectivity index (χ0) is 20.1. The minimum Gasteiger partial charge on any atom is -0.477 e. The van der Waals surface area contributed by atoms with Crippen LogP contribution in [0, 0.1) is 0 Å². The number of β-lactam (4-membered cyclic amide) rings is 1. The zero-order valence-electron chi connectivity index (χ0n) is 15.4. The number of thioether (sulfide) groups is 1. The maximum atomic E-state index is 13.3. The summed E-state index contributed by atoms with van der Waals surface area (Å²) in [6.07, 6.45) is 3.35. The molecule has 1 saturated carbocycles. The van der Waals surface area contributed by atoms with Gasteiger partial charge in [-0.2, -0.15) is 0 Å². The predicted molar refractivity (Wildman–Crippen MR) is 107 cm³/mol. The number of carbonyl (C=O) groups excluding carboxylic acids is 2. The minimum atomic E-state index is -1.10. The summed E-state index contributed by atoms with van der Waals surface area (Å²) in [5.41, 5.74) is 0.966. The van der Waals surface area contributed by atoms with Crippen LogP contribution in [-0.2, 0) is 19.8 Å². The van der Waals surface area contributed by atoms with E-state index in [4.69, 9.17) is 11.6 Å². The van der Waals surface area contributed by atoms with Crippen molar-refractivity contribution in [3.05, 3.63) is 46.1 Å². The first-order chi connectivity index (χ1) is 13.3. The SMILES string of the molecule is CC1=C(C(=O)O)N2C(=O)[C@H](NC(=O)C3(c4ccc(Cl)cc4)CCCC3)[C@H]2SC1. The molecule has 2 aliphatic heterocycles. The number of hydrogen-bond donors (Lipinski definition) is 2. The van der Waals surface area contributed by atoms with Crippen molar-refractivity contribution < 1.29 is 19.5 Å². The van der Waals surface area contributed by atoms with Crippen molar-refractivity contribution in [1.82, 2.24) is 10.2 Å². The predicted octanol–water partition coefficient (Wildman–Crippen LogP) is 2.91. The van der Waals surface area contributed by atoms with Crippen LogP contribution >= 0.6 is 23.4 Å². The van der Waals surface area contributed by atoms with E-state index >= 15 is 0 Å². The second-order valence-corrected chi connectivity index (χ2v) is 9.13. The maximum absolute atomic E-state index is 13.3. The molecule has 1 saturated heterocycles. The van der Waals surface area contributed by atoms with E-state index in [9.17, 15) is 19.5 Å². The summed E-state index contributed by atoms with van der Waals surface area (Å²) in [4.78, 5) is 38.8. The van der Waals surface area contributed by atoms with Crippen LogP contribution in [-0.4, -0.2) is 45.0 Å². The van der Waals surface area contributed by atoms with Crippen molar-refractivity contribution in [2.75, 3.05) is 5.75 Å². The van der Waals surface area contributed by atoms with Gasteiger partial charge in [0.1, 0.15) is 17.1 Å². The van der Waals surface area contributed by atoms with Gasteiger partial charge in [-0.1, -0.05) is 36.6 Å². The van der Waals surface area contributed by atoms with Crippen molar-refractivity contribution in [3.63, 3.8) is 0 Å². The number of halogens is 1. The maximum Gasteiger partial charge on any atom is 0.352 e. The lowest BCUT2D eigenvalue weighted by atomic mass is 9.77. The Kier molecular flexibility index (Phi) is 4.91. The first-order valence-corrected chi connectivity index (χ1v) is 10.7. The summed E-state index contributed by atoms with van der Waals surface area (Å²) in [5.74, 6) is -1.08. The number of fused-ring (bicyclic) bond motifs is 1. The summed E-state index contributed by atoms with van der Waals surface area (Å²) >= 11 is 7.49. The number of carboxylic acids is 1. The van der Waals surface area contributed by atoms with Gasteiger partial charge in [0.15, 0.2) is 0 Å². The number of benzene rings is 1. The number of nitrogens with zero attached hydrogens (tertiary/aromatic N) is 1. The summed E-state index contributed by atoms with van der Waals surface area (Å²) in [7, 11) is 0. The van der Waals surface area contributed by atoms with E-state index in [1.165, 1.54) is 16.7 Å². The normalized spacial score (nSPS) is 25.9. The van der Waals surface area contributed by atoms with E-state index in [0.717, 1.165) is 31.2 Å². The summed E-state index contributed by atoms with van der Waals surface area (Å²) in [6, 6.07) is 6.64. The van der Waals surface area contributed by atoms with Crippen molar-refractivity contribution in [1.29, 1.82) is 0 Å². The van der Waals surface area contributed by atoms with Crippen LogP contribution in [0.1, 0.15) is 38.2 Å². The lowest BCUT2D eigenvalue weighted by Gasteiger charge is -2.50. The molecule has 2 amide bonds. The minimum absolute atomic E-state index is 0.0486. The number of carboxylic acid groups (broad SMARTS) is 1. The lowest BCUT2D eigenvalue weighted by Crippen LogP contribution is -2.71. The Balaban J connectivity index is 1.56. The topological polar surface area (TPSA) is 86.7 Å². The molecule has 0 aromatic heterocycles. The quantitative estimate of drug-likeness (QED) is 0.731. The first-order valence-electron chi connectivity index (χ1n) is 9.30. The van der Waals surface area contributed by atoms with Crippen LogP contribution in [0.4, 0.5) is 0 Å². The molecule has 2 atom stereocenters. The largest absolute Gasteiger partial charge is 0.477 e. The highest BCUT2D eigenvalue weighted by molar-refractivity contribution is 8.00. The second-order valence-electron chi connectivity index (χ2n) is 7.59. The van der Waals surface area contributed by atoms with Gasteiger partial charge in [-0.3, -0.25) is 14.5 Å². The van der Waals surface area contributed by atoms with E-state index < -0.39 is 17.4 Å². The molecule has 1 aliphatic carbocycles. The third-order valence-corrected chi connectivity index (χ3v) is 7.61. The molecule has 1 aromatic carbocycles. The highest BCUT2D eigenvalue weighted by Gasteiger charge is 2.55. The number of aliphatic carboxylic acids is 1. The number of nitrogens with one attached hydrogen (secondary N) is 1. The Morgan fingerprint density at radius 3 is 2.50 bits per heavy atom. The highest BCUT2D eigenvalue weighted by Crippen LogP contribution is 2.44. The third-order valence-electron chi connectivity index (χ3n) is 5.94. The van der Waals surface area contributed by atoms with Gasteiger partial charge >= 0.3 is 5.97 Å². The van der Waals surface area contributed by atoms with E-state index in [-0.39, 0.29) is 22.9 Å². The Hall–Kier alpha value is -1.99. The van der Waals surface area contributed by atoms with Crippen LogP contribution in [0.2, 0.25) is 5.02 Å². The van der Waals surface area contributed by atoms with E-state index in [1.54, 1.807) is 19.1 Å². The first kappa shape index (κ1) is 19.3. The van der Waals surface area contributed by atoms with Gasteiger partial charge in [0.2, 0.25) is 5.91 Å². The molecule has 0 radical (unpaired) electrons. The smallest absolute Gasteiger partial charge is 0.352 e. The van der Waals surface area contributed by atoms with E-state index in [0.29, 0.717) is 16.3 Å². The Labute approximate surface area is 172 Å². The molecule has 28 heavy (non-hydrogen) atoms. The molecule has 3 aliphatic rings. The average Bonchev–Trinajstić information content (AvgIpc) is 3.17. The zero-order valence-corrected chi connectivity index (χ0v) is 17.0. The van der Waals surface area contributed by atoms with Crippen molar-refractivity contribution in [3.8, 4) is 0 Å². The molecule has 2 fully saturated rings. The van der Waals surface area contributed by atoms with Gasteiger partial charge in [-0.15, -0.1) is 11.8 Å². The third kappa shape index (κ3) is 2.92. The molecule has 2 heterocycles. The van der Waals surface area contributed by atoms with Crippen molar-refractivity contribution in [2.24, 2.45) is 0 Å². The number of amides is 2. The molecule has 8 heteroatoms. The molecular formula is C20H21ClN2O4S. The fourth-order valence-corrected chi connectivity index (χ4v) is 5.87. The van der Waals surface area contributed by atoms with Crippen LogP contribution in [0.5, 0.6) is 0 Å². The highest BCUT2D eigenvalue weighted by atomic mass is 35.5. The molecule has 4 rings (SSSR count). The number of carbonyl (C=O) groups is 3. The van der Waals surface area contributed by atoms with Gasteiger partial charge in [0.05, 0.1) is 5.41 Å². The van der Waals surface area contributed by atoms with Crippen LogP contribution < -0.4 is 5.32 Å². The molecule has 2 N–H and O–H groups in total. The Bertz CT molecular complexity index is 877. The molecule has 0 spiro atoms. The van der Waals surface area contributed by atoms with Crippen molar-refractivity contribution >= 4 is 41.1 Å². The van der Waals surface area contributed by atoms with Gasteiger partial charge in [0.25, 0.3) is 5.91 Å². The van der Waals surface area contributed by atoms with Crippen molar-refractivity contribution in [2.45, 2.75) is 49.4 Å². The average molecular weight is 421 g/mol. The monoisotopic (exact) mass is 420 g/mol. The summed E-state index contributed by atoms with van der Waals surface area (Å²) in [6.45, 7) is 1.72. The van der Waals surface area contributed by atoms with Gasteiger partial charge in [0, 0.05) is 10.8 Å². The lowest BCUT2D eigenvalue weighted by molar-refractivity contribution is -0.151. The molecule has 148 valence electrons. The standard InChI is InChI=1S/C20H21ClN2O4S/c1-11-10-28-17-14(16(24)23(17)15(11)18(25)26)22-19(27)20(8-2-3-9-20)12-4-6-13(21)7-5-12/h4-7,14,17H,2-3,8-10H2,1H3,(H,22,27)(H,25,26)/t14-,17+/m0/s1. The Morgan fingerprint density at radius 2 is 1.89 bits per heavy atom. The van der Waals surface area contributed by atoms with Crippen LogP contribution in [0.3, 0.4) is 0 Å². The molecule has 0 unspecified atom stereocenters. The fourth-order valence-electron chi connectivity index (χ4n) is 4.45. The Morgan fingerprint density at radius 1 is 1.25 bits per heavy atom. The molecular weight excluding hydrogens is 400 g/mol. The molecule has 6 nitrogen and oxygen atoms in total.